The van der Waals surface area contributed by atoms with Crippen LogP contribution in [0.25, 0.3) is 11.1 Å². The Kier molecular flexibility index (Phi) is 7.05. The average Bonchev–Trinajstić information content (AvgIpc) is 3.28. The fourth-order valence-corrected chi connectivity index (χ4v) is 3.94. The summed E-state index contributed by atoms with van der Waals surface area (Å²) >= 11 is 0. The van der Waals surface area contributed by atoms with Crippen LogP contribution in [-0.2, 0) is 32.1 Å². The second-order valence-electron chi connectivity index (χ2n) is 8.00. The standard InChI is InChI=1S/C27H27NO5/c1-30-25-13-7-12-23(15-25)22-11-6-10-21(14-22)18-32-19-24-17-27(33-28-24,26(29)31-2)16-20-8-4-3-5-9-20/h3-15H,16-19H2,1-2H3. The van der Waals surface area contributed by atoms with Crippen molar-refractivity contribution in [2.45, 2.75) is 25.0 Å². The van der Waals surface area contributed by atoms with E-state index in [1.807, 2.05) is 66.7 Å². The van der Waals surface area contributed by atoms with Crippen LogP contribution in [0.4, 0.5) is 0 Å². The summed E-state index contributed by atoms with van der Waals surface area (Å²) in [6.45, 7) is 0.692. The molecule has 0 radical (unpaired) electrons. The van der Waals surface area contributed by atoms with E-state index in [0.29, 0.717) is 25.2 Å². The predicted octanol–water partition coefficient (Wildman–Crippen LogP) is 4.81. The maximum absolute atomic E-state index is 12.5. The third-order valence-electron chi connectivity index (χ3n) is 5.60. The van der Waals surface area contributed by atoms with Crippen molar-refractivity contribution in [2.75, 3.05) is 20.8 Å². The number of carbonyl (C=O) groups is 1. The van der Waals surface area contributed by atoms with Crippen LogP contribution in [0.2, 0.25) is 0 Å². The molecule has 3 aromatic carbocycles. The summed E-state index contributed by atoms with van der Waals surface area (Å²) in [7, 11) is 3.02. The van der Waals surface area contributed by atoms with E-state index in [2.05, 4.69) is 17.3 Å². The van der Waals surface area contributed by atoms with E-state index in [-0.39, 0.29) is 6.61 Å². The Morgan fingerprint density at radius 2 is 1.64 bits per heavy atom. The molecule has 3 aromatic rings. The largest absolute Gasteiger partial charge is 0.497 e. The monoisotopic (exact) mass is 445 g/mol. The van der Waals surface area contributed by atoms with Crippen molar-refractivity contribution >= 4 is 11.7 Å². The first-order valence-electron chi connectivity index (χ1n) is 10.8. The van der Waals surface area contributed by atoms with E-state index in [4.69, 9.17) is 19.0 Å². The summed E-state index contributed by atoms with van der Waals surface area (Å²) in [6.07, 6.45) is 0.717. The van der Waals surface area contributed by atoms with Gasteiger partial charge in [0.25, 0.3) is 0 Å². The second kappa shape index (κ2) is 10.3. The van der Waals surface area contributed by atoms with Crippen LogP contribution < -0.4 is 4.74 Å². The molecule has 1 unspecified atom stereocenters. The molecule has 170 valence electrons. The number of oxime groups is 1. The van der Waals surface area contributed by atoms with Crippen molar-refractivity contribution in [3.05, 3.63) is 90.0 Å². The van der Waals surface area contributed by atoms with Gasteiger partial charge in [0.1, 0.15) is 5.75 Å². The Balaban J connectivity index is 1.37. The van der Waals surface area contributed by atoms with E-state index in [9.17, 15) is 4.79 Å². The highest BCUT2D eigenvalue weighted by Gasteiger charge is 2.47. The Morgan fingerprint density at radius 1 is 0.909 bits per heavy atom. The van der Waals surface area contributed by atoms with Gasteiger partial charge in [-0.3, -0.25) is 0 Å². The maximum Gasteiger partial charge on any atom is 0.353 e. The molecule has 0 N–H and O–H groups in total. The van der Waals surface area contributed by atoms with Gasteiger partial charge < -0.3 is 19.0 Å². The molecule has 4 rings (SSSR count). The Morgan fingerprint density at radius 3 is 2.39 bits per heavy atom. The number of hydrogen-bond donors (Lipinski definition) is 0. The van der Waals surface area contributed by atoms with E-state index in [0.717, 1.165) is 28.0 Å². The maximum atomic E-state index is 12.5. The first kappa shape index (κ1) is 22.6. The molecule has 0 aliphatic carbocycles. The van der Waals surface area contributed by atoms with Crippen molar-refractivity contribution in [3.8, 4) is 16.9 Å². The highest BCUT2D eigenvalue weighted by molar-refractivity contribution is 5.94. The first-order chi connectivity index (χ1) is 16.1. The van der Waals surface area contributed by atoms with Gasteiger partial charge in [0.05, 0.1) is 33.1 Å². The Hall–Kier alpha value is -3.64. The highest BCUT2D eigenvalue weighted by atomic mass is 16.7. The van der Waals surface area contributed by atoms with Crippen LogP contribution in [-0.4, -0.2) is 38.1 Å². The summed E-state index contributed by atoms with van der Waals surface area (Å²) < 4.78 is 16.3. The molecule has 0 bridgehead atoms. The third kappa shape index (κ3) is 5.41. The summed E-state index contributed by atoms with van der Waals surface area (Å²) in [4.78, 5) is 18.2. The van der Waals surface area contributed by atoms with E-state index < -0.39 is 11.6 Å². The summed E-state index contributed by atoms with van der Waals surface area (Å²) in [5.74, 6) is 0.383. The lowest BCUT2D eigenvalue weighted by molar-refractivity contribution is -0.166. The minimum absolute atomic E-state index is 0.275. The topological polar surface area (TPSA) is 66.4 Å². The van der Waals surface area contributed by atoms with E-state index in [1.165, 1.54) is 7.11 Å². The molecular weight excluding hydrogens is 418 g/mol. The molecule has 0 saturated carbocycles. The molecule has 1 heterocycles. The molecule has 0 fully saturated rings. The van der Waals surface area contributed by atoms with Gasteiger partial charge in [-0.25, -0.2) is 4.79 Å². The predicted molar refractivity (Wildman–Crippen MR) is 126 cm³/mol. The lowest BCUT2D eigenvalue weighted by Gasteiger charge is -2.23. The zero-order valence-corrected chi connectivity index (χ0v) is 18.8. The van der Waals surface area contributed by atoms with Crippen LogP contribution in [0.3, 0.4) is 0 Å². The molecule has 33 heavy (non-hydrogen) atoms. The molecule has 6 nitrogen and oxygen atoms in total. The van der Waals surface area contributed by atoms with Crippen molar-refractivity contribution in [2.24, 2.45) is 5.16 Å². The van der Waals surface area contributed by atoms with Gasteiger partial charge in [-0.15, -0.1) is 0 Å². The molecule has 0 spiro atoms. The van der Waals surface area contributed by atoms with Gasteiger partial charge in [-0.05, 0) is 40.5 Å². The van der Waals surface area contributed by atoms with Gasteiger partial charge in [0, 0.05) is 12.8 Å². The molecule has 0 amide bonds. The number of benzene rings is 3. The molecule has 1 aliphatic heterocycles. The van der Waals surface area contributed by atoms with E-state index >= 15 is 0 Å². The molecule has 6 heteroatoms. The number of carbonyl (C=O) groups excluding carboxylic acids is 1. The van der Waals surface area contributed by atoms with Gasteiger partial charge >= 0.3 is 5.97 Å². The minimum Gasteiger partial charge on any atom is -0.497 e. The number of rotatable bonds is 9. The van der Waals surface area contributed by atoms with Crippen molar-refractivity contribution in [1.29, 1.82) is 0 Å². The fourth-order valence-electron chi connectivity index (χ4n) is 3.94. The fraction of sp³-hybridized carbons (Fsp3) is 0.259. The third-order valence-corrected chi connectivity index (χ3v) is 5.60. The lowest BCUT2D eigenvalue weighted by atomic mass is 9.90. The Bertz CT molecular complexity index is 1130. The van der Waals surface area contributed by atoms with Crippen LogP contribution >= 0.6 is 0 Å². The summed E-state index contributed by atoms with van der Waals surface area (Å²) in [5, 5.41) is 4.15. The van der Waals surface area contributed by atoms with Gasteiger partial charge in [0.2, 0.25) is 5.60 Å². The first-order valence-corrected chi connectivity index (χ1v) is 10.8. The smallest absolute Gasteiger partial charge is 0.353 e. The van der Waals surface area contributed by atoms with Crippen LogP contribution in [0.15, 0.2) is 84.0 Å². The molecular formula is C27H27NO5. The van der Waals surface area contributed by atoms with Gasteiger partial charge in [-0.2, -0.15) is 0 Å². The van der Waals surface area contributed by atoms with Crippen LogP contribution in [0, 0.1) is 0 Å². The minimum atomic E-state index is -1.15. The Labute approximate surface area is 193 Å². The van der Waals surface area contributed by atoms with Gasteiger partial charge in [0.15, 0.2) is 0 Å². The SMILES string of the molecule is COC(=O)C1(Cc2ccccc2)CC(COCc2cccc(-c3cccc(OC)c3)c2)=NO1. The lowest BCUT2D eigenvalue weighted by Crippen LogP contribution is -2.42. The molecule has 1 atom stereocenters. The number of nitrogens with zero attached hydrogens (tertiary/aromatic N) is 1. The van der Waals surface area contributed by atoms with E-state index in [1.54, 1.807) is 7.11 Å². The van der Waals surface area contributed by atoms with Crippen LogP contribution in [0.5, 0.6) is 5.75 Å². The number of hydrogen-bond acceptors (Lipinski definition) is 6. The van der Waals surface area contributed by atoms with Crippen molar-refractivity contribution < 1.29 is 23.8 Å². The number of methoxy groups -OCH3 is 2. The van der Waals surface area contributed by atoms with Crippen molar-refractivity contribution in [1.82, 2.24) is 0 Å². The highest BCUT2D eigenvalue weighted by Crippen LogP contribution is 2.30. The molecule has 0 aromatic heterocycles. The zero-order valence-electron chi connectivity index (χ0n) is 18.8. The molecule has 0 saturated heterocycles. The quantitative estimate of drug-likeness (QED) is 0.442. The number of esters is 1. The second-order valence-corrected chi connectivity index (χ2v) is 8.00. The number of ether oxygens (including phenoxy) is 3. The van der Waals surface area contributed by atoms with Crippen LogP contribution in [0.1, 0.15) is 17.5 Å². The summed E-state index contributed by atoms with van der Waals surface area (Å²) in [6, 6.07) is 25.8. The van der Waals surface area contributed by atoms with Crippen molar-refractivity contribution in [3.63, 3.8) is 0 Å². The average molecular weight is 446 g/mol. The normalized spacial score (nSPS) is 17.2. The zero-order chi connectivity index (χ0) is 23.1. The summed E-state index contributed by atoms with van der Waals surface area (Å²) in [5.41, 5.74) is 3.71. The molecule has 1 aliphatic rings. The van der Waals surface area contributed by atoms with Gasteiger partial charge in [-0.1, -0.05) is 65.8 Å².